The van der Waals surface area contributed by atoms with Crippen LogP contribution in [0.4, 0.5) is 0 Å². The van der Waals surface area contributed by atoms with Crippen molar-refractivity contribution in [3.8, 4) is 0 Å². The molecule has 0 aliphatic heterocycles. The lowest BCUT2D eigenvalue weighted by Crippen LogP contribution is -1.94. The molecule has 0 saturated carbocycles. The van der Waals surface area contributed by atoms with Crippen LogP contribution in [0.2, 0.25) is 0 Å². The van der Waals surface area contributed by atoms with Crippen molar-refractivity contribution < 1.29 is 0 Å². The van der Waals surface area contributed by atoms with Crippen LogP contribution in [0.1, 0.15) is 12.8 Å². The van der Waals surface area contributed by atoms with Gasteiger partial charge in [0.1, 0.15) is 0 Å². The van der Waals surface area contributed by atoms with Gasteiger partial charge in [0.05, 0.1) is 0 Å². The lowest BCUT2D eigenvalue weighted by atomic mass is 10.2. The van der Waals surface area contributed by atoms with Crippen molar-refractivity contribution in [1.82, 2.24) is 0 Å². The Hall–Kier alpha value is -0.720. The Kier molecular flexibility index (Phi) is 1.73. The van der Waals surface area contributed by atoms with Crippen molar-refractivity contribution in [1.29, 1.82) is 0 Å². The van der Waals surface area contributed by atoms with Crippen LogP contribution in [-0.4, -0.2) is 0 Å². The molecule has 0 atom stereocenters. The molecule has 0 heterocycles. The first-order valence-electron chi connectivity index (χ1n) is 2.83. The van der Waals surface area contributed by atoms with E-state index in [1.807, 2.05) is 12.5 Å². The second kappa shape index (κ2) is 2.55. The van der Waals surface area contributed by atoms with E-state index in [4.69, 9.17) is 5.73 Å². The van der Waals surface area contributed by atoms with Gasteiger partial charge >= 0.3 is 0 Å². The molecule has 1 rings (SSSR count). The van der Waals surface area contributed by atoms with Crippen molar-refractivity contribution in [3.05, 3.63) is 30.3 Å². The summed E-state index contributed by atoms with van der Waals surface area (Å²) in [5.41, 5.74) is 6.41. The molecular weight excluding hydrogens is 98.1 g/mol. The van der Waals surface area contributed by atoms with Crippen molar-refractivity contribution in [2.75, 3.05) is 0 Å². The summed E-state index contributed by atoms with van der Waals surface area (Å²) in [4.78, 5) is 0. The predicted molar refractivity (Wildman–Crippen MR) is 34.9 cm³/mol. The van der Waals surface area contributed by atoms with Crippen LogP contribution in [0.5, 0.6) is 0 Å². The Morgan fingerprint density at radius 3 is 2.88 bits per heavy atom. The predicted octanol–water partition coefficient (Wildman–Crippen LogP) is 1.38. The van der Waals surface area contributed by atoms with Crippen LogP contribution in [0.15, 0.2) is 23.9 Å². The molecular formula is C7H10N. The molecule has 1 nitrogen and oxygen atoms in total. The summed E-state index contributed by atoms with van der Waals surface area (Å²) in [6.07, 6.45) is 10.3. The fourth-order valence-corrected chi connectivity index (χ4v) is 0.684. The molecule has 0 saturated heterocycles. The Morgan fingerprint density at radius 1 is 1.25 bits per heavy atom. The highest BCUT2D eigenvalue weighted by atomic mass is 14.6. The summed E-state index contributed by atoms with van der Waals surface area (Å²) in [6, 6.07) is 0. The van der Waals surface area contributed by atoms with E-state index in [0.717, 1.165) is 18.5 Å². The van der Waals surface area contributed by atoms with E-state index in [2.05, 4.69) is 12.2 Å². The Bertz CT molecular complexity index is 122. The minimum atomic E-state index is 0.912. The molecule has 1 aliphatic rings. The Labute approximate surface area is 49.9 Å². The zero-order chi connectivity index (χ0) is 5.82. The maximum Gasteiger partial charge on any atom is 0.0101 e. The maximum absolute atomic E-state index is 5.50. The lowest BCUT2D eigenvalue weighted by Gasteiger charge is -1.90. The van der Waals surface area contributed by atoms with Gasteiger partial charge in [-0.2, -0.15) is 0 Å². The standard InChI is InChI=1S/C7H10N/c8-7-5-3-1-2-4-6-7/h1-2,5-6H,3-4,8H2. The molecule has 43 valence electrons. The van der Waals surface area contributed by atoms with Crippen molar-refractivity contribution in [2.45, 2.75) is 12.8 Å². The lowest BCUT2D eigenvalue weighted by molar-refractivity contribution is 1.19. The quantitative estimate of drug-likeness (QED) is 0.466. The third kappa shape index (κ3) is 1.41. The van der Waals surface area contributed by atoms with Crippen LogP contribution in [0.3, 0.4) is 0 Å². The van der Waals surface area contributed by atoms with E-state index in [1.54, 1.807) is 0 Å². The summed E-state index contributed by atoms with van der Waals surface area (Å²) >= 11 is 0. The number of hydrogen-bond acceptors (Lipinski definition) is 1. The number of nitrogens with two attached hydrogens (primary N) is 1. The van der Waals surface area contributed by atoms with Gasteiger partial charge < -0.3 is 5.73 Å². The summed E-state index contributed by atoms with van der Waals surface area (Å²) in [6.45, 7) is 0. The second-order valence-corrected chi connectivity index (χ2v) is 1.85. The smallest absolute Gasteiger partial charge is 0.0101 e. The van der Waals surface area contributed by atoms with Gasteiger partial charge in [-0.25, -0.2) is 0 Å². The third-order valence-electron chi connectivity index (χ3n) is 1.15. The number of allylic oxidation sites excluding steroid dienone is 4. The third-order valence-corrected chi connectivity index (χ3v) is 1.15. The fraction of sp³-hybridized carbons (Fsp3) is 0.286. The van der Waals surface area contributed by atoms with Gasteiger partial charge in [-0.1, -0.05) is 18.2 Å². The van der Waals surface area contributed by atoms with Gasteiger partial charge in [0.15, 0.2) is 0 Å². The highest BCUT2D eigenvalue weighted by molar-refractivity contribution is 5.15. The number of rotatable bonds is 0. The molecule has 1 aliphatic carbocycles. The molecule has 0 bridgehead atoms. The first kappa shape index (κ1) is 5.42. The average Bonchev–Trinajstić information content (AvgIpc) is 1.94. The Morgan fingerprint density at radius 2 is 2.00 bits per heavy atom. The summed E-state index contributed by atoms with van der Waals surface area (Å²) in [5, 5.41) is 0. The molecule has 0 aromatic heterocycles. The van der Waals surface area contributed by atoms with Crippen molar-refractivity contribution in [2.24, 2.45) is 5.73 Å². The summed E-state index contributed by atoms with van der Waals surface area (Å²) in [7, 11) is 0. The SMILES string of the molecule is NC1=CCC=CC[CH]1. The minimum absolute atomic E-state index is 0.912. The molecule has 0 fully saturated rings. The molecule has 1 radical (unpaired) electrons. The van der Waals surface area contributed by atoms with Crippen LogP contribution in [-0.2, 0) is 0 Å². The molecule has 8 heavy (non-hydrogen) atoms. The van der Waals surface area contributed by atoms with E-state index in [1.165, 1.54) is 0 Å². The van der Waals surface area contributed by atoms with Gasteiger partial charge in [0.25, 0.3) is 0 Å². The highest BCUT2D eigenvalue weighted by Gasteiger charge is 1.90. The van der Waals surface area contributed by atoms with Crippen LogP contribution < -0.4 is 5.73 Å². The molecule has 0 aromatic rings. The van der Waals surface area contributed by atoms with Crippen molar-refractivity contribution >= 4 is 0 Å². The van der Waals surface area contributed by atoms with Crippen LogP contribution >= 0.6 is 0 Å². The van der Waals surface area contributed by atoms with Gasteiger partial charge in [-0.3, -0.25) is 0 Å². The minimum Gasteiger partial charge on any atom is -0.402 e. The second-order valence-electron chi connectivity index (χ2n) is 1.85. The average molecular weight is 108 g/mol. The highest BCUT2D eigenvalue weighted by Crippen LogP contribution is 2.04. The fourth-order valence-electron chi connectivity index (χ4n) is 0.684. The van der Waals surface area contributed by atoms with E-state index < -0.39 is 0 Å². The molecule has 0 aromatic carbocycles. The van der Waals surface area contributed by atoms with Crippen LogP contribution in [0.25, 0.3) is 0 Å². The van der Waals surface area contributed by atoms with E-state index in [-0.39, 0.29) is 0 Å². The molecule has 0 spiro atoms. The van der Waals surface area contributed by atoms with E-state index in [0.29, 0.717) is 0 Å². The van der Waals surface area contributed by atoms with Crippen molar-refractivity contribution in [3.63, 3.8) is 0 Å². The summed E-state index contributed by atoms with van der Waals surface area (Å²) < 4.78 is 0. The first-order valence-corrected chi connectivity index (χ1v) is 2.83. The molecule has 2 N–H and O–H groups in total. The van der Waals surface area contributed by atoms with Gasteiger partial charge in [0.2, 0.25) is 0 Å². The zero-order valence-electron chi connectivity index (χ0n) is 4.80. The maximum atomic E-state index is 5.50. The van der Waals surface area contributed by atoms with Gasteiger partial charge in [-0.15, -0.1) is 0 Å². The summed E-state index contributed by atoms with van der Waals surface area (Å²) in [5.74, 6) is 0. The zero-order valence-corrected chi connectivity index (χ0v) is 4.80. The molecule has 1 heteroatoms. The van der Waals surface area contributed by atoms with E-state index in [9.17, 15) is 0 Å². The monoisotopic (exact) mass is 108 g/mol. The molecule has 0 amide bonds. The van der Waals surface area contributed by atoms with Gasteiger partial charge in [0, 0.05) is 12.1 Å². The molecule has 0 unspecified atom stereocenters. The van der Waals surface area contributed by atoms with E-state index >= 15 is 0 Å². The topological polar surface area (TPSA) is 26.0 Å². The normalized spacial score (nSPS) is 19.8. The van der Waals surface area contributed by atoms with Gasteiger partial charge in [-0.05, 0) is 12.8 Å². The largest absolute Gasteiger partial charge is 0.402 e. The van der Waals surface area contributed by atoms with Crippen LogP contribution in [0, 0.1) is 6.42 Å². The Balaban J connectivity index is 2.48. The number of hydrogen-bond donors (Lipinski definition) is 1. The first-order chi connectivity index (χ1) is 3.89.